The van der Waals surface area contributed by atoms with Crippen LogP contribution < -0.4 is 0 Å². The molecule has 6 heteroatoms. The Bertz CT molecular complexity index is 984. The summed E-state index contributed by atoms with van der Waals surface area (Å²) in [5.41, 5.74) is 1.67. The number of carbonyl (C=O) groups excluding carboxylic acids is 2. The van der Waals surface area contributed by atoms with Gasteiger partial charge < -0.3 is 0 Å². The number of carbonyl (C=O) groups is 2. The number of allylic oxidation sites excluding steroid dienone is 2. The average Bonchev–Trinajstić information content (AvgIpc) is 2.57. The summed E-state index contributed by atoms with van der Waals surface area (Å²) in [7, 11) is -3.34. The highest BCUT2D eigenvalue weighted by Gasteiger charge is 2.33. The summed E-state index contributed by atoms with van der Waals surface area (Å²) < 4.78 is 25.2. The molecule has 3 rings (SSSR count). The molecule has 0 N–H and O–H groups in total. The number of aryl methyl sites for hydroxylation is 1. The predicted molar refractivity (Wildman–Crippen MR) is 93.8 cm³/mol. The molecule has 0 aliphatic heterocycles. The molecule has 0 bridgehead atoms. The summed E-state index contributed by atoms with van der Waals surface area (Å²) in [5, 5.41) is 0. The zero-order chi connectivity index (χ0) is 17.5. The molecular weight excluding hydrogens is 344 g/mol. The molecule has 2 aromatic carbocycles. The van der Waals surface area contributed by atoms with Crippen LogP contribution in [0.1, 0.15) is 33.2 Å². The molecule has 4 nitrogen and oxygen atoms in total. The number of fused-ring (bicyclic) bond motifs is 1. The number of benzene rings is 2. The van der Waals surface area contributed by atoms with Crippen molar-refractivity contribution >= 4 is 31.2 Å². The molecule has 0 heterocycles. The lowest BCUT2D eigenvalue weighted by atomic mass is 9.90. The van der Waals surface area contributed by atoms with Crippen LogP contribution in [0.4, 0.5) is 0 Å². The predicted octanol–water partition coefficient (Wildman–Crippen LogP) is 3.77. The molecule has 0 amide bonds. The van der Waals surface area contributed by atoms with Gasteiger partial charge in [-0.25, -0.2) is 8.42 Å². The van der Waals surface area contributed by atoms with Crippen LogP contribution in [0.5, 0.6) is 0 Å². The Labute approximate surface area is 143 Å². The molecule has 0 atom stereocenters. The van der Waals surface area contributed by atoms with Gasteiger partial charge in [0.1, 0.15) is 0 Å². The Morgan fingerprint density at radius 2 is 1.33 bits per heavy atom. The Hall–Kier alpha value is -2.18. The van der Waals surface area contributed by atoms with Gasteiger partial charge in [0.05, 0.1) is 9.80 Å². The lowest BCUT2D eigenvalue weighted by Crippen LogP contribution is -2.20. The maximum Gasteiger partial charge on any atom is 0.234 e. The second kappa shape index (κ2) is 6.03. The maximum absolute atomic E-state index is 12.6. The van der Waals surface area contributed by atoms with Crippen molar-refractivity contribution in [2.75, 3.05) is 0 Å². The van der Waals surface area contributed by atoms with Crippen molar-refractivity contribution < 1.29 is 18.0 Å². The van der Waals surface area contributed by atoms with Gasteiger partial charge in [-0.15, -0.1) is 0 Å². The van der Waals surface area contributed by atoms with E-state index in [9.17, 15) is 18.0 Å². The van der Waals surface area contributed by atoms with E-state index in [4.69, 9.17) is 0 Å². The van der Waals surface area contributed by atoms with Crippen LogP contribution >= 0.6 is 10.8 Å². The zero-order valence-electron chi connectivity index (χ0n) is 13.1. The van der Waals surface area contributed by atoms with Crippen molar-refractivity contribution in [1.29, 1.82) is 0 Å². The average molecular weight is 358 g/mol. The summed E-state index contributed by atoms with van der Waals surface area (Å²) in [6, 6.07) is 12.8. The van der Waals surface area contributed by atoms with Crippen LogP contribution in [0.2, 0.25) is 0 Å². The molecule has 0 saturated heterocycles. The molecule has 1 aliphatic rings. The summed E-state index contributed by atoms with van der Waals surface area (Å²) >= 11 is 0. The topological polar surface area (TPSA) is 68.3 Å². The van der Waals surface area contributed by atoms with Crippen LogP contribution in [0.25, 0.3) is 0 Å². The van der Waals surface area contributed by atoms with Crippen molar-refractivity contribution in [2.45, 2.75) is 18.7 Å². The molecule has 0 fully saturated rings. The van der Waals surface area contributed by atoms with Gasteiger partial charge in [0.2, 0.25) is 14.7 Å². The molecule has 0 aromatic heterocycles. The molecule has 0 unspecified atom stereocenters. The third-order valence-electron chi connectivity index (χ3n) is 3.81. The van der Waals surface area contributed by atoms with Crippen LogP contribution in [0.15, 0.2) is 63.9 Å². The SMILES string of the molecule is CC1=C(SS(=O)(=O)c2ccc(C)cc2)C(=O)c2ccccc2C1=O. The lowest BCUT2D eigenvalue weighted by Gasteiger charge is -2.18. The monoisotopic (exact) mass is 358 g/mol. The van der Waals surface area contributed by atoms with E-state index in [-0.39, 0.29) is 26.7 Å². The largest absolute Gasteiger partial charge is 0.289 e. The molecule has 0 spiro atoms. The molecule has 1 aliphatic carbocycles. The number of ketones is 2. The fourth-order valence-corrected chi connectivity index (χ4v) is 5.51. The highest BCUT2D eigenvalue weighted by molar-refractivity contribution is 8.73. The van der Waals surface area contributed by atoms with Crippen molar-refractivity contribution in [3.05, 3.63) is 75.7 Å². The standard InChI is InChI=1S/C18H14O4S2/c1-11-7-9-13(10-8-11)24(21,22)23-18-12(2)16(19)14-5-3-4-6-15(14)17(18)20/h3-10H,1-2H3. The van der Waals surface area contributed by atoms with E-state index >= 15 is 0 Å². The van der Waals surface area contributed by atoms with Crippen LogP contribution in [-0.2, 0) is 8.87 Å². The Morgan fingerprint density at radius 3 is 1.92 bits per heavy atom. The summed E-state index contributed by atoms with van der Waals surface area (Å²) in [6.45, 7) is 3.35. The van der Waals surface area contributed by atoms with Gasteiger partial charge >= 0.3 is 0 Å². The Kier molecular flexibility index (Phi) is 4.19. The van der Waals surface area contributed by atoms with Gasteiger partial charge in [-0.3, -0.25) is 9.59 Å². The van der Waals surface area contributed by atoms with Gasteiger partial charge in [0.25, 0.3) is 0 Å². The minimum atomic E-state index is -3.78. The molecule has 0 radical (unpaired) electrons. The van der Waals surface area contributed by atoms with E-state index in [1.165, 1.54) is 19.1 Å². The second-order valence-corrected chi connectivity index (χ2v) is 9.28. The third kappa shape index (κ3) is 2.83. The van der Waals surface area contributed by atoms with Crippen molar-refractivity contribution in [3.8, 4) is 0 Å². The number of hydrogen-bond acceptors (Lipinski definition) is 5. The van der Waals surface area contributed by atoms with Crippen molar-refractivity contribution in [1.82, 2.24) is 0 Å². The van der Waals surface area contributed by atoms with E-state index < -0.39 is 14.7 Å². The fourth-order valence-electron chi connectivity index (χ4n) is 2.44. The van der Waals surface area contributed by atoms with Gasteiger partial charge in [0, 0.05) is 27.5 Å². The Balaban J connectivity index is 2.03. The van der Waals surface area contributed by atoms with Crippen LogP contribution in [0.3, 0.4) is 0 Å². The molecule has 2 aromatic rings. The first-order chi connectivity index (χ1) is 11.3. The zero-order valence-corrected chi connectivity index (χ0v) is 14.7. The first kappa shape index (κ1) is 16.7. The quantitative estimate of drug-likeness (QED) is 0.781. The van der Waals surface area contributed by atoms with E-state index in [0.29, 0.717) is 16.4 Å². The minimum absolute atomic E-state index is 0.0284. The molecule has 0 saturated carbocycles. The van der Waals surface area contributed by atoms with Crippen LogP contribution in [0, 0.1) is 6.92 Å². The van der Waals surface area contributed by atoms with Crippen molar-refractivity contribution in [2.24, 2.45) is 0 Å². The van der Waals surface area contributed by atoms with E-state index in [0.717, 1.165) is 5.56 Å². The first-order valence-electron chi connectivity index (χ1n) is 7.22. The molecule has 24 heavy (non-hydrogen) atoms. The lowest BCUT2D eigenvalue weighted by molar-refractivity contribution is 0.0981. The van der Waals surface area contributed by atoms with E-state index in [2.05, 4.69) is 0 Å². The van der Waals surface area contributed by atoms with Gasteiger partial charge in [0.15, 0.2) is 5.78 Å². The summed E-state index contributed by atoms with van der Waals surface area (Å²) in [6.07, 6.45) is 0. The molecular formula is C18H14O4S2. The fraction of sp³-hybridized carbons (Fsp3) is 0.111. The normalized spacial score (nSPS) is 14.8. The van der Waals surface area contributed by atoms with Crippen molar-refractivity contribution in [3.63, 3.8) is 0 Å². The Morgan fingerprint density at radius 1 is 0.792 bits per heavy atom. The number of Topliss-reactive ketones (excluding diaryl/α,β-unsaturated/α-hetero) is 2. The maximum atomic E-state index is 12.6. The highest BCUT2D eigenvalue weighted by Crippen LogP contribution is 2.38. The first-order valence-corrected chi connectivity index (χ1v) is 10.0. The van der Waals surface area contributed by atoms with E-state index in [1.54, 1.807) is 36.4 Å². The smallest absolute Gasteiger partial charge is 0.234 e. The second-order valence-electron chi connectivity index (χ2n) is 5.51. The van der Waals surface area contributed by atoms with Gasteiger partial charge in [-0.1, -0.05) is 42.0 Å². The number of rotatable bonds is 3. The van der Waals surface area contributed by atoms with Gasteiger partial charge in [-0.05, 0) is 26.0 Å². The van der Waals surface area contributed by atoms with Crippen LogP contribution in [-0.4, -0.2) is 20.0 Å². The third-order valence-corrected chi connectivity index (χ3v) is 7.27. The van der Waals surface area contributed by atoms with Gasteiger partial charge in [-0.2, -0.15) is 0 Å². The number of hydrogen-bond donors (Lipinski definition) is 0. The summed E-state index contributed by atoms with van der Waals surface area (Å²) in [4.78, 5) is 25.1. The summed E-state index contributed by atoms with van der Waals surface area (Å²) in [5.74, 6) is -0.741. The van der Waals surface area contributed by atoms with E-state index in [1.807, 2.05) is 6.92 Å². The molecule has 122 valence electrons. The highest BCUT2D eigenvalue weighted by atomic mass is 33.1. The minimum Gasteiger partial charge on any atom is -0.289 e.